The standard InChI is InChI=1S/C26H45Cl.H3N/c1-4-6-7-8-9-10-11-12-13-14-15-19-22-25(26(3,27)5-2)23-24-20-17-16-18-21-24;/h16-18,20-21,25H,4-15,19,22-23H2,1-3H3;1H3. The van der Waals surface area contributed by atoms with Gasteiger partial charge in [0.1, 0.15) is 0 Å². The average Bonchev–Trinajstić information content (AvgIpc) is 2.68. The fourth-order valence-corrected chi connectivity index (χ4v) is 4.22. The Morgan fingerprint density at radius 2 is 1.21 bits per heavy atom. The number of benzene rings is 1. The van der Waals surface area contributed by atoms with E-state index in [1.165, 1.54) is 89.0 Å². The Balaban J connectivity index is 0.00000729. The van der Waals surface area contributed by atoms with E-state index in [-0.39, 0.29) is 11.0 Å². The maximum atomic E-state index is 6.88. The van der Waals surface area contributed by atoms with Gasteiger partial charge in [-0.1, -0.05) is 121 Å². The number of hydrogen-bond acceptors (Lipinski definition) is 1. The normalized spacial score (nSPS) is 14.3. The SMILES string of the molecule is CCCCCCCCCCCCCCC(Cc1ccccc1)C(C)(Cl)CC.N. The van der Waals surface area contributed by atoms with Gasteiger partial charge in [-0.25, -0.2) is 0 Å². The predicted molar refractivity (Wildman–Crippen MR) is 129 cm³/mol. The molecule has 0 spiro atoms. The number of rotatable bonds is 17. The second kappa shape index (κ2) is 17.3. The summed E-state index contributed by atoms with van der Waals surface area (Å²) < 4.78 is 0. The number of unbranched alkanes of at least 4 members (excludes halogenated alkanes) is 11. The number of halogens is 1. The van der Waals surface area contributed by atoms with Gasteiger partial charge in [0, 0.05) is 4.87 Å². The zero-order chi connectivity index (χ0) is 19.8. The zero-order valence-corrected chi connectivity index (χ0v) is 19.9. The van der Waals surface area contributed by atoms with Crippen LogP contribution in [-0.2, 0) is 6.42 Å². The largest absolute Gasteiger partial charge is 0.344 e. The van der Waals surface area contributed by atoms with Crippen molar-refractivity contribution in [1.29, 1.82) is 0 Å². The van der Waals surface area contributed by atoms with Crippen LogP contribution in [0.1, 0.15) is 116 Å². The lowest BCUT2D eigenvalue weighted by molar-refractivity contribution is 0.341. The van der Waals surface area contributed by atoms with Crippen molar-refractivity contribution in [2.45, 2.75) is 122 Å². The first-order chi connectivity index (χ1) is 13.1. The van der Waals surface area contributed by atoms with Crippen LogP contribution in [0.3, 0.4) is 0 Å². The first-order valence-electron chi connectivity index (χ1n) is 11.8. The molecule has 1 aromatic rings. The summed E-state index contributed by atoms with van der Waals surface area (Å²) >= 11 is 6.88. The van der Waals surface area contributed by atoms with Crippen LogP contribution in [0.4, 0.5) is 0 Å². The molecule has 0 heterocycles. The minimum absolute atomic E-state index is 0. The lowest BCUT2D eigenvalue weighted by atomic mass is 9.82. The third-order valence-electron chi connectivity index (χ3n) is 6.27. The molecule has 0 saturated carbocycles. The molecule has 0 aromatic heterocycles. The van der Waals surface area contributed by atoms with Crippen LogP contribution in [-0.4, -0.2) is 4.87 Å². The van der Waals surface area contributed by atoms with Crippen LogP contribution < -0.4 is 6.15 Å². The molecule has 2 unspecified atom stereocenters. The molecule has 0 fully saturated rings. The Hall–Kier alpha value is -0.530. The van der Waals surface area contributed by atoms with Crippen molar-refractivity contribution in [1.82, 2.24) is 6.15 Å². The molecule has 1 nitrogen and oxygen atoms in total. The zero-order valence-electron chi connectivity index (χ0n) is 19.2. The monoisotopic (exact) mass is 409 g/mol. The molecule has 0 aliphatic carbocycles. The smallest absolute Gasteiger partial charge is 0.0447 e. The first kappa shape index (κ1) is 27.5. The fourth-order valence-electron chi connectivity index (χ4n) is 4.03. The van der Waals surface area contributed by atoms with Gasteiger partial charge in [0.05, 0.1) is 0 Å². The molecule has 0 aliphatic rings. The van der Waals surface area contributed by atoms with Crippen LogP contribution >= 0.6 is 11.6 Å². The van der Waals surface area contributed by atoms with E-state index < -0.39 is 0 Å². The maximum Gasteiger partial charge on any atom is 0.0447 e. The molecule has 0 aliphatic heterocycles. The second-order valence-electron chi connectivity index (χ2n) is 8.70. The molecule has 0 amide bonds. The second-order valence-corrected chi connectivity index (χ2v) is 9.56. The van der Waals surface area contributed by atoms with Gasteiger partial charge < -0.3 is 6.15 Å². The van der Waals surface area contributed by atoms with Crippen LogP contribution in [0.15, 0.2) is 30.3 Å². The third kappa shape index (κ3) is 12.8. The lowest BCUT2D eigenvalue weighted by Gasteiger charge is -2.31. The van der Waals surface area contributed by atoms with Crippen molar-refractivity contribution < 1.29 is 0 Å². The van der Waals surface area contributed by atoms with E-state index in [0.717, 1.165) is 12.8 Å². The quantitative estimate of drug-likeness (QED) is 0.201. The Labute approximate surface area is 181 Å². The van der Waals surface area contributed by atoms with Gasteiger partial charge in [-0.2, -0.15) is 0 Å². The van der Waals surface area contributed by atoms with E-state index in [2.05, 4.69) is 51.1 Å². The molecule has 28 heavy (non-hydrogen) atoms. The van der Waals surface area contributed by atoms with E-state index in [0.29, 0.717) is 5.92 Å². The molecular weight excluding hydrogens is 362 g/mol. The molecular formula is C26H48ClN. The van der Waals surface area contributed by atoms with E-state index >= 15 is 0 Å². The first-order valence-corrected chi connectivity index (χ1v) is 12.2. The Morgan fingerprint density at radius 1 is 0.750 bits per heavy atom. The molecule has 0 saturated heterocycles. The summed E-state index contributed by atoms with van der Waals surface area (Å²) in [4.78, 5) is -0.0758. The summed E-state index contributed by atoms with van der Waals surface area (Å²) in [6, 6.07) is 10.9. The highest BCUT2D eigenvalue weighted by molar-refractivity contribution is 6.23. The van der Waals surface area contributed by atoms with Gasteiger partial charge >= 0.3 is 0 Å². The van der Waals surface area contributed by atoms with Gasteiger partial charge in [0.2, 0.25) is 0 Å². The van der Waals surface area contributed by atoms with Crippen molar-refractivity contribution in [3.05, 3.63) is 35.9 Å². The van der Waals surface area contributed by atoms with Crippen molar-refractivity contribution in [3.8, 4) is 0 Å². The Kier molecular flexibility index (Phi) is 17.0. The minimum atomic E-state index is -0.0758. The number of alkyl halides is 1. The van der Waals surface area contributed by atoms with Gasteiger partial charge in [0.15, 0.2) is 0 Å². The fraction of sp³-hybridized carbons (Fsp3) is 0.769. The summed E-state index contributed by atoms with van der Waals surface area (Å²) in [6.07, 6.45) is 20.4. The van der Waals surface area contributed by atoms with Crippen LogP contribution in [0.25, 0.3) is 0 Å². The lowest BCUT2D eigenvalue weighted by Crippen LogP contribution is -2.29. The molecule has 0 bridgehead atoms. The van der Waals surface area contributed by atoms with Crippen molar-refractivity contribution in [3.63, 3.8) is 0 Å². The summed E-state index contributed by atoms with van der Waals surface area (Å²) in [7, 11) is 0. The summed E-state index contributed by atoms with van der Waals surface area (Å²) in [6.45, 7) is 6.76. The van der Waals surface area contributed by atoms with Gasteiger partial charge in [-0.3, -0.25) is 0 Å². The van der Waals surface area contributed by atoms with Gasteiger partial charge in [-0.05, 0) is 37.7 Å². The van der Waals surface area contributed by atoms with E-state index in [1.54, 1.807) is 0 Å². The molecule has 164 valence electrons. The van der Waals surface area contributed by atoms with E-state index in [1.807, 2.05) is 0 Å². The molecule has 1 aromatic carbocycles. The Bertz CT molecular complexity index is 443. The molecule has 0 radical (unpaired) electrons. The Morgan fingerprint density at radius 3 is 1.68 bits per heavy atom. The predicted octanol–water partition coefficient (Wildman–Crippen LogP) is 9.51. The third-order valence-corrected chi connectivity index (χ3v) is 6.85. The molecule has 1 rings (SSSR count). The van der Waals surface area contributed by atoms with Crippen LogP contribution in [0.5, 0.6) is 0 Å². The highest BCUT2D eigenvalue weighted by Gasteiger charge is 2.29. The van der Waals surface area contributed by atoms with Crippen molar-refractivity contribution in [2.24, 2.45) is 5.92 Å². The van der Waals surface area contributed by atoms with Crippen molar-refractivity contribution >= 4 is 11.6 Å². The molecule has 2 heteroatoms. The average molecular weight is 410 g/mol. The van der Waals surface area contributed by atoms with E-state index in [4.69, 9.17) is 11.6 Å². The van der Waals surface area contributed by atoms with Crippen LogP contribution in [0.2, 0.25) is 0 Å². The molecule has 2 atom stereocenters. The maximum absolute atomic E-state index is 6.88. The highest BCUT2D eigenvalue weighted by Crippen LogP contribution is 2.35. The summed E-state index contributed by atoms with van der Waals surface area (Å²) in [5, 5.41) is 0. The highest BCUT2D eigenvalue weighted by atomic mass is 35.5. The van der Waals surface area contributed by atoms with Gasteiger partial charge in [-0.15, -0.1) is 11.6 Å². The van der Waals surface area contributed by atoms with Crippen LogP contribution in [0, 0.1) is 5.92 Å². The molecule has 3 N–H and O–H groups in total. The minimum Gasteiger partial charge on any atom is -0.344 e. The van der Waals surface area contributed by atoms with Gasteiger partial charge in [0.25, 0.3) is 0 Å². The van der Waals surface area contributed by atoms with E-state index in [9.17, 15) is 0 Å². The summed E-state index contributed by atoms with van der Waals surface area (Å²) in [5.41, 5.74) is 1.43. The number of hydrogen-bond donors (Lipinski definition) is 1. The van der Waals surface area contributed by atoms with Crippen molar-refractivity contribution in [2.75, 3.05) is 0 Å². The topological polar surface area (TPSA) is 35.0 Å². The summed E-state index contributed by atoms with van der Waals surface area (Å²) in [5.74, 6) is 0.578.